The molecule has 12 heteroatoms. The van der Waals surface area contributed by atoms with E-state index >= 15 is 0 Å². The molecule has 1 heterocycles. The third-order valence-corrected chi connectivity index (χ3v) is 10.0. The molecule has 0 aliphatic carbocycles. The molecular weight excluding hydrogens is 735 g/mol. The molecular formula is C44H75O11P. The number of allylic oxidation sites excluding steroid dienone is 9. The van der Waals surface area contributed by atoms with Gasteiger partial charge in [0, 0.05) is 12.8 Å². The van der Waals surface area contributed by atoms with Crippen molar-refractivity contribution < 1.29 is 52.5 Å². The molecule has 1 aliphatic rings. The summed E-state index contributed by atoms with van der Waals surface area (Å²) in [4.78, 5) is 35.0. The second kappa shape index (κ2) is 35.8. The van der Waals surface area contributed by atoms with Gasteiger partial charge in [-0.3, -0.25) is 18.6 Å². The smallest absolute Gasteiger partial charge is 0.462 e. The predicted octanol–water partition coefficient (Wildman–Crippen LogP) is 10.1. The van der Waals surface area contributed by atoms with E-state index in [-0.39, 0.29) is 19.4 Å². The molecule has 322 valence electrons. The summed E-state index contributed by atoms with van der Waals surface area (Å²) in [6.45, 7) is 2.17. The number of epoxide rings is 1. The molecule has 0 aromatic carbocycles. The third kappa shape index (κ3) is 32.7. The monoisotopic (exact) mass is 811 g/mol. The van der Waals surface area contributed by atoms with Gasteiger partial charge in [0.05, 0.1) is 32.0 Å². The summed E-state index contributed by atoms with van der Waals surface area (Å²) < 4.78 is 38.4. The first-order chi connectivity index (χ1) is 27.2. The van der Waals surface area contributed by atoms with Gasteiger partial charge in [0.25, 0.3) is 0 Å². The van der Waals surface area contributed by atoms with Crippen LogP contribution in [-0.2, 0) is 37.4 Å². The standard InChI is InChI=1S/C44H75O11P/c1-3-5-7-8-9-10-11-12-13-14-15-16-17-18-23-26-30-34-44(48)54-40(38-53-56(49,50)52-36-39(46)35-45)37-51-43(47)33-29-25-22-20-19-21-24-28-32-42-41(55-42)31-27-6-4-2/h5,7,9-10,12-13,15-16,24,28,39-42,45-46H,3-4,6,8,11,14,17-23,25-27,29-38H2,1-2H3,(H,49,50)/b7-5-,10-9-,13-12-,16-15-,28-24-/t39-,40+,41?,42?/m0/s1. The molecule has 1 aliphatic heterocycles. The fraction of sp³-hybridized carbons (Fsp3) is 0.727. The lowest BCUT2D eigenvalue weighted by Crippen LogP contribution is -2.29. The van der Waals surface area contributed by atoms with Crippen molar-refractivity contribution in [1.29, 1.82) is 0 Å². The van der Waals surface area contributed by atoms with Crippen LogP contribution in [0, 0.1) is 0 Å². The summed E-state index contributed by atoms with van der Waals surface area (Å²) in [6, 6.07) is 0. The van der Waals surface area contributed by atoms with E-state index in [0.29, 0.717) is 25.0 Å². The van der Waals surface area contributed by atoms with Crippen LogP contribution in [0.15, 0.2) is 60.8 Å². The number of phosphoric ester groups is 1. The quantitative estimate of drug-likeness (QED) is 0.0179. The minimum atomic E-state index is -4.63. The van der Waals surface area contributed by atoms with E-state index in [4.69, 9.17) is 23.8 Å². The first kappa shape index (κ1) is 51.6. The van der Waals surface area contributed by atoms with Crippen molar-refractivity contribution in [2.75, 3.05) is 26.4 Å². The van der Waals surface area contributed by atoms with Crippen molar-refractivity contribution in [3.05, 3.63) is 60.8 Å². The van der Waals surface area contributed by atoms with Gasteiger partial charge in [-0.05, 0) is 77.0 Å². The molecule has 11 nitrogen and oxygen atoms in total. The molecule has 5 atom stereocenters. The fourth-order valence-electron chi connectivity index (χ4n) is 5.70. The molecule has 0 radical (unpaired) electrons. The van der Waals surface area contributed by atoms with Crippen LogP contribution in [0.1, 0.15) is 155 Å². The van der Waals surface area contributed by atoms with Gasteiger partial charge in [0.2, 0.25) is 0 Å². The normalized spacial score (nSPS) is 18.1. The van der Waals surface area contributed by atoms with Gasteiger partial charge in [-0.2, -0.15) is 0 Å². The third-order valence-electron chi connectivity index (χ3n) is 9.08. The van der Waals surface area contributed by atoms with E-state index in [1.165, 1.54) is 25.7 Å². The van der Waals surface area contributed by atoms with Gasteiger partial charge in [-0.15, -0.1) is 0 Å². The molecule has 1 rings (SSSR count). The largest absolute Gasteiger partial charge is 0.472 e. The molecule has 1 saturated heterocycles. The molecule has 0 spiro atoms. The Bertz CT molecular complexity index is 1180. The number of ether oxygens (including phenoxy) is 3. The maximum Gasteiger partial charge on any atom is 0.472 e. The van der Waals surface area contributed by atoms with Crippen molar-refractivity contribution >= 4 is 19.8 Å². The Kier molecular flexibility index (Phi) is 33.0. The number of rotatable bonds is 38. The Balaban J connectivity index is 2.28. The van der Waals surface area contributed by atoms with Gasteiger partial charge in [0.1, 0.15) is 12.7 Å². The Morgan fingerprint density at radius 2 is 1.21 bits per heavy atom. The molecule has 0 bridgehead atoms. The van der Waals surface area contributed by atoms with E-state index < -0.39 is 51.8 Å². The van der Waals surface area contributed by atoms with Crippen LogP contribution in [0.4, 0.5) is 0 Å². The van der Waals surface area contributed by atoms with E-state index in [1.807, 2.05) is 0 Å². The molecule has 0 amide bonds. The first-order valence-electron chi connectivity index (χ1n) is 21.4. The van der Waals surface area contributed by atoms with E-state index in [9.17, 15) is 24.2 Å². The predicted molar refractivity (Wildman–Crippen MR) is 223 cm³/mol. The molecule has 0 aromatic heterocycles. The van der Waals surface area contributed by atoms with Crippen molar-refractivity contribution in [2.24, 2.45) is 0 Å². The summed E-state index contributed by atoms with van der Waals surface area (Å²) >= 11 is 0. The average molecular weight is 811 g/mol. The highest BCUT2D eigenvalue weighted by Gasteiger charge is 2.36. The molecule has 3 unspecified atom stereocenters. The van der Waals surface area contributed by atoms with Crippen LogP contribution in [0.25, 0.3) is 0 Å². The highest BCUT2D eigenvalue weighted by atomic mass is 31.2. The lowest BCUT2D eigenvalue weighted by molar-refractivity contribution is -0.161. The van der Waals surface area contributed by atoms with Crippen molar-refractivity contribution in [2.45, 2.75) is 180 Å². The van der Waals surface area contributed by atoms with E-state index in [2.05, 4.69) is 79.1 Å². The number of esters is 2. The maximum absolute atomic E-state index is 12.6. The first-order valence-corrected chi connectivity index (χ1v) is 22.9. The summed E-state index contributed by atoms with van der Waals surface area (Å²) in [5.74, 6) is -0.979. The SMILES string of the molecule is CC/C=C\C/C=C\C/C=C\C/C=C\CCCCCCC(=O)O[C@H](COC(=O)CCCCCCC/C=C\CC1OC1CCCCC)COP(=O)(O)OC[C@@H](O)CO. The number of hydrogen-bond acceptors (Lipinski definition) is 10. The van der Waals surface area contributed by atoms with Crippen molar-refractivity contribution in [1.82, 2.24) is 0 Å². The Morgan fingerprint density at radius 3 is 1.84 bits per heavy atom. The zero-order chi connectivity index (χ0) is 41.0. The second-order valence-electron chi connectivity index (χ2n) is 14.4. The van der Waals surface area contributed by atoms with Crippen LogP contribution < -0.4 is 0 Å². The number of carbonyl (C=O) groups excluding carboxylic acids is 2. The maximum atomic E-state index is 12.6. The van der Waals surface area contributed by atoms with Crippen molar-refractivity contribution in [3.8, 4) is 0 Å². The van der Waals surface area contributed by atoms with Crippen LogP contribution in [0.2, 0.25) is 0 Å². The van der Waals surface area contributed by atoms with Gasteiger partial charge in [-0.25, -0.2) is 4.57 Å². The van der Waals surface area contributed by atoms with Crippen LogP contribution in [0.5, 0.6) is 0 Å². The van der Waals surface area contributed by atoms with Gasteiger partial charge >= 0.3 is 19.8 Å². The number of aliphatic hydroxyl groups is 2. The van der Waals surface area contributed by atoms with Gasteiger partial charge in [0.15, 0.2) is 6.10 Å². The fourth-order valence-corrected chi connectivity index (χ4v) is 6.48. The minimum Gasteiger partial charge on any atom is -0.462 e. The zero-order valence-corrected chi connectivity index (χ0v) is 35.4. The molecule has 0 aromatic rings. The van der Waals surface area contributed by atoms with E-state index in [0.717, 1.165) is 89.9 Å². The second-order valence-corrected chi connectivity index (χ2v) is 15.8. The number of phosphoric acid groups is 1. The van der Waals surface area contributed by atoms with Crippen LogP contribution >= 0.6 is 7.82 Å². The topological polar surface area (TPSA) is 161 Å². The van der Waals surface area contributed by atoms with Crippen molar-refractivity contribution in [3.63, 3.8) is 0 Å². The highest BCUT2D eigenvalue weighted by molar-refractivity contribution is 7.47. The summed E-state index contributed by atoms with van der Waals surface area (Å²) in [7, 11) is -4.63. The summed E-state index contributed by atoms with van der Waals surface area (Å²) in [5.41, 5.74) is 0. The Morgan fingerprint density at radius 1 is 0.661 bits per heavy atom. The lowest BCUT2D eigenvalue weighted by atomic mass is 10.1. The number of aliphatic hydroxyl groups excluding tert-OH is 2. The van der Waals surface area contributed by atoms with Crippen LogP contribution in [0.3, 0.4) is 0 Å². The van der Waals surface area contributed by atoms with E-state index in [1.54, 1.807) is 0 Å². The number of carbonyl (C=O) groups is 2. The van der Waals surface area contributed by atoms with Crippen LogP contribution in [-0.4, -0.2) is 77.9 Å². The molecule has 0 saturated carbocycles. The zero-order valence-electron chi connectivity index (χ0n) is 34.5. The number of unbranched alkanes of at least 4 members (excludes halogenated alkanes) is 11. The Labute approximate surface area is 338 Å². The summed E-state index contributed by atoms with van der Waals surface area (Å²) in [6.07, 6.45) is 40.7. The molecule has 56 heavy (non-hydrogen) atoms. The molecule has 3 N–H and O–H groups in total. The number of hydrogen-bond donors (Lipinski definition) is 3. The Hall–Kier alpha value is -2.37. The van der Waals surface area contributed by atoms with Gasteiger partial charge in [-0.1, -0.05) is 126 Å². The minimum absolute atomic E-state index is 0.148. The van der Waals surface area contributed by atoms with Gasteiger partial charge < -0.3 is 29.3 Å². The summed E-state index contributed by atoms with van der Waals surface area (Å²) in [5, 5.41) is 18.3. The highest BCUT2D eigenvalue weighted by Crippen LogP contribution is 2.43. The molecule has 1 fully saturated rings. The lowest BCUT2D eigenvalue weighted by Gasteiger charge is -2.20. The average Bonchev–Trinajstić information content (AvgIpc) is 3.94.